The lowest BCUT2D eigenvalue weighted by atomic mass is 10.4. The van der Waals surface area contributed by atoms with E-state index in [9.17, 15) is 21.6 Å². The van der Waals surface area contributed by atoms with Crippen LogP contribution in [-0.4, -0.2) is 42.2 Å². The second-order valence-electron chi connectivity index (χ2n) is 4.24. The van der Waals surface area contributed by atoms with Crippen LogP contribution < -0.4 is 10.2 Å². The fourth-order valence-corrected chi connectivity index (χ4v) is 3.74. The predicted octanol–water partition coefficient (Wildman–Crippen LogP) is -0.565. The first-order chi connectivity index (χ1) is 9.59. The molecular weight excluding hydrogens is 320 g/mol. The molecule has 1 rings (SSSR count). The lowest BCUT2D eigenvalue weighted by Gasteiger charge is -2.12. The normalized spacial score (nSPS) is 13.7. The van der Waals surface area contributed by atoms with Gasteiger partial charge in [0, 0.05) is 6.26 Å². The number of sulfone groups is 1. The van der Waals surface area contributed by atoms with Gasteiger partial charge in [0.25, 0.3) is 10.0 Å². The Kier molecular flexibility index (Phi) is 5.45. The van der Waals surface area contributed by atoms with Crippen molar-refractivity contribution in [1.82, 2.24) is 10.2 Å². The van der Waals surface area contributed by atoms with Crippen molar-refractivity contribution in [2.45, 2.75) is 22.8 Å². The first-order valence-corrected chi connectivity index (χ1v) is 9.16. The van der Waals surface area contributed by atoms with Crippen LogP contribution in [0.15, 0.2) is 34.1 Å². The number of benzene rings is 1. The largest absolute Gasteiger partial charge is 0.354 e. The first-order valence-electron chi connectivity index (χ1n) is 5.78. The minimum Gasteiger partial charge on any atom is -0.354 e. The molecule has 0 bridgehead atoms. The fraction of sp³-hybridized carbons (Fsp3) is 0.364. The van der Waals surface area contributed by atoms with Gasteiger partial charge in [-0.1, -0.05) is 12.1 Å². The summed E-state index contributed by atoms with van der Waals surface area (Å²) >= 11 is 0. The number of nitrogens with one attached hydrogen (secondary N) is 2. The molecule has 0 saturated carbocycles. The molecule has 10 heteroatoms. The van der Waals surface area contributed by atoms with Gasteiger partial charge in [-0.25, -0.2) is 21.6 Å². The molecule has 0 aliphatic heterocycles. The Labute approximate surface area is 123 Å². The number of likely N-dealkylation sites (N-methyl/N-ethyl adjacent to an activating group) is 1. The summed E-state index contributed by atoms with van der Waals surface area (Å²) in [7, 11) is -6.56. The fourth-order valence-electron chi connectivity index (χ4n) is 1.33. The Hall–Kier alpha value is -1.49. The van der Waals surface area contributed by atoms with Gasteiger partial charge in [-0.15, -0.1) is 0 Å². The highest BCUT2D eigenvalue weighted by Crippen LogP contribution is 2.20. The van der Waals surface area contributed by atoms with Crippen LogP contribution in [-0.2, 0) is 29.5 Å². The van der Waals surface area contributed by atoms with E-state index >= 15 is 0 Å². The van der Waals surface area contributed by atoms with Crippen LogP contribution in [0.1, 0.15) is 6.92 Å². The third kappa shape index (κ3) is 4.49. The van der Waals surface area contributed by atoms with E-state index in [4.69, 9.17) is 0 Å². The van der Waals surface area contributed by atoms with E-state index in [0.29, 0.717) is 0 Å². The highest BCUT2D eigenvalue weighted by Gasteiger charge is 2.25. The van der Waals surface area contributed by atoms with Crippen molar-refractivity contribution in [3.63, 3.8) is 0 Å². The molecule has 1 aromatic rings. The Morgan fingerprint density at radius 3 is 2.14 bits per heavy atom. The molecule has 0 aliphatic rings. The number of hydrogen-bond acceptors (Lipinski definition) is 7. The summed E-state index contributed by atoms with van der Waals surface area (Å²) in [5, 5.41) is 2.57. The molecule has 1 unspecified atom stereocenters. The summed E-state index contributed by atoms with van der Waals surface area (Å²) in [6.07, 6.45) is 0.885. The molecule has 0 radical (unpaired) electrons. The highest BCUT2D eigenvalue weighted by molar-refractivity contribution is 7.93. The minimum atomic E-state index is -4.31. The second-order valence-corrected chi connectivity index (χ2v) is 7.83. The third-order valence-corrected chi connectivity index (χ3v) is 5.10. The monoisotopic (exact) mass is 336 g/mol. The molecule has 0 spiro atoms. The molecule has 0 amide bonds. The topological polar surface area (TPSA) is 119 Å². The van der Waals surface area contributed by atoms with Crippen molar-refractivity contribution >= 4 is 25.8 Å². The summed E-state index contributed by atoms with van der Waals surface area (Å²) in [4.78, 5) is 16.6. The molecule has 0 aromatic heterocycles. The van der Waals surface area contributed by atoms with E-state index in [1.807, 2.05) is 0 Å². The van der Waals surface area contributed by atoms with Gasteiger partial charge in [0.15, 0.2) is 9.84 Å². The maximum atomic E-state index is 12.0. The van der Waals surface area contributed by atoms with Crippen LogP contribution in [0.2, 0.25) is 0 Å². The number of hydrogen-bond donors (Lipinski definition) is 2. The summed E-state index contributed by atoms with van der Waals surface area (Å²) in [5.74, 6) is -0.849. The Morgan fingerprint density at radius 1 is 1.14 bits per heavy atom. The number of carbonyl (C=O) groups excluding carboxylic acids is 1. The third-order valence-electron chi connectivity index (χ3n) is 2.58. The van der Waals surface area contributed by atoms with Crippen molar-refractivity contribution in [3.05, 3.63) is 24.3 Å². The molecule has 1 atom stereocenters. The average Bonchev–Trinajstić information content (AvgIpc) is 2.43. The molecule has 0 aliphatic carbocycles. The number of rotatable bonds is 6. The number of sulfonamides is 1. The zero-order valence-corrected chi connectivity index (χ0v) is 13.3. The zero-order valence-electron chi connectivity index (χ0n) is 11.7. The van der Waals surface area contributed by atoms with Crippen molar-refractivity contribution in [2.24, 2.45) is 0 Å². The zero-order chi connectivity index (χ0) is 16.3. The molecule has 0 fully saturated rings. The van der Waals surface area contributed by atoms with Crippen LogP contribution in [0.3, 0.4) is 0 Å². The van der Waals surface area contributed by atoms with Crippen LogP contribution in [0.4, 0.5) is 0 Å². The molecule has 21 heavy (non-hydrogen) atoms. The van der Waals surface area contributed by atoms with Crippen molar-refractivity contribution in [1.29, 1.82) is 0 Å². The van der Waals surface area contributed by atoms with Gasteiger partial charge >= 0.3 is 5.97 Å². The summed E-state index contributed by atoms with van der Waals surface area (Å²) < 4.78 is 47.2. The lowest BCUT2D eigenvalue weighted by molar-refractivity contribution is -0.149. The predicted molar refractivity (Wildman–Crippen MR) is 74.5 cm³/mol. The van der Waals surface area contributed by atoms with Crippen LogP contribution in [0.5, 0.6) is 0 Å². The molecule has 1 aromatic carbocycles. The van der Waals surface area contributed by atoms with E-state index in [1.54, 1.807) is 4.89 Å². The van der Waals surface area contributed by atoms with E-state index in [0.717, 1.165) is 18.4 Å². The van der Waals surface area contributed by atoms with Gasteiger partial charge in [0.2, 0.25) is 0 Å². The first kappa shape index (κ1) is 17.6. The van der Waals surface area contributed by atoms with Crippen LogP contribution >= 0.6 is 0 Å². The van der Waals surface area contributed by atoms with Gasteiger partial charge in [0.1, 0.15) is 10.9 Å². The standard InChI is InChI=1S/C11H16N2O6S2/c1-8(12-2)11(14)19-13-21(17,18)10-7-5-4-6-9(10)20(3,15)16/h4-8,12-13H,1-3H3. The van der Waals surface area contributed by atoms with Crippen molar-refractivity contribution < 1.29 is 26.5 Å². The van der Waals surface area contributed by atoms with Gasteiger partial charge < -0.3 is 10.2 Å². The highest BCUT2D eigenvalue weighted by atomic mass is 32.2. The molecule has 8 nitrogen and oxygen atoms in total. The minimum absolute atomic E-state index is 0.379. The molecule has 0 heterocycles. The van der Waals surface area contributed by atoms with Crippen molar-refractivity contribution in [3.8, 4) is 0 Å². The van der Waals surface area contributed by atoms with Crippen molar-refractivity contribution in [2.75, 3.05) is 13.3 Å². The molecule has 118 valence electrons. The smallest absolute Gasteiger partial charge is 0.342 e. The summed E-state index contributed by atoms with van der Waals surface area (Å²) in [6, 6.07) is 4.29. The lowest BCUT2D eigenvalue weighted by Crippen LogP contribution is -2.38. The van der Waals surface area contributed by atoms with Crippen LogP contribution in [0, 0.1) is 0 Å². The quantitative estimate of drug-likeness (QED) is 0.668. The molecular formula is C11H16N2O6S2. The van der Waals surface area contributed by atoms with E-state index in [1.165, 1.54) is 26.1 Å². The van der Waals surface area contributed by atoms with Gasteiger partial charge in [0.05, 0.1) is 4.90 Å². The molecule has 2 N–H and O–H groups in total. The van der Waals surface area contributed by atoms with E-state index < -0.39 is 36.8 Å². The summed E-state index contributed by atoms with van der Waals surface area (Å²) in [5.41, 5.74) is 0. The Bertz CT molecular complexity index is 727. The summed E-state index contributed by atoms with van der Waals surface area (Å²) in [6.45, 7) is 1.47. The van der Waals surface area contributed by atoms with Gasteiger partial charge in [-0.2, -0.15) is 0 Å². The van der Waals surface area contributed by atoms with E-state index in [-0.39, 0.29) is 4.90 Å². The maximum Gasteiger partial charge on any atom is 0.342 e. The average molecular weight is 336 g/mol. The van der Waals surface area contributed by atoms with Crippen LogP contribution in [0.25, 0.3) is 0 Å². The Morgan fingerprint density at radius 2 is 1.67 bits per heavy atom. The van der Waals surface area contributed by atoms with Gasteiger partial charge in [-0.3, -0.25) is 0 Å². The molecule has 0 saturated heterocycles. The maximum absolute atomic E-state index is 12.0. The Balaban J connectivity index is 3.08. The van der Waals surface area contributed by atoms with Gasteiger partial charge in [-0.05, 0) is 31.0 Å². The second kappa shape index (κ2) is 6.52. The number of carbonyl (C=O) groups is 1. The van der Waals surface area contributed by atoms with E-state index in [2.05, 4.69) is 10.2 Å². The SMILES string of the molecule is CNC(C)C(=O)ONS(=O)(=O)c1ccccc1S(C)(=O)=O.